The Labute approximate surface area is 104 Å². The molecular formula is C14H26N2O. The van der Waals surface area contributed by atoms with E-state index in [2.05, 4.69) is 4.90 Å². The fraction of sp³-hybridized carbons (Fsp3) is 1.00. The van der Waals surface area contributed by atoms with E-state index in [9.17, 15) is 5.11 Å². The molecule has 3 fully saturated rings. The van der Waals surface area contributed by atoms with Crippen LogP contribution in [0.3, 0.4) is 0 Å². The molecule has 17 heavy (non-hydrogen) atoms. The molecule has 0 aromatic rings. The third-order valence-corrected chi connectivity index (χ3v) is 4.61. The molecule has 0 amide bonds. The Kier molecular flexibility index (Phi) is 3.18. The van der Waals surface area contributed by atoms with E-state index in [1.807, 2.05) is 0 Å². The minimum absolute atomic E-state index is 0.434. The molecule has 0 radical (unpaired) electrons. The summed E-state index contributed by atoms with van der Waals surface area (Å²) in [6.45, 7) is 3.65. The van der Waals surface area contributed by atoms with E-state index >= 15 is 0 Å². The molecule has 0 saturated heterocycles. The zero-order valence-corrected chi connectivity index (χ0v) is 10.8. The van der Waals surface area contributed by atoms with Crippen molar-refractivity contribution in [1.82, 2.24) is 4.90 Å². The van der Waals surface area contributed by atoms with Crippen molar-refractivity contribution in [2.24, 2.45) is 23.5 Å². The SMILES string of the molecule is NCC(O)(CN(CC1CC1)CC1CC1)C1CC1. The van der Waals surface area contributed by atoms with Gasteiger partial charge in [0.2, 0.25) is 0 Å². The Hall–Kier alpha value is -0.120. The highest BCUT2D eigenvalue weighted by atomic mass is 16.3. The molecule has 0 heterocycles. The van der Waals surface area contributed by atoms with Crippen LogP contribution in [0.4, 0.5) is 0 Å². The molecule has 1 unspecified atom stereocenters. The molecule has 3 aliphatic rings. The number of hydrogen-bond donors (Lipinski definition) is 2. The Morgan fingerprint density at radius 1 is 1.00 bits per heavy atom. The lowest BCUT2D eigenvalue weighted by molar-refractivity contribution is -0.0105. The Morgan fingerprint density at radius 2 is 1.53 bits per heavy atom. The molecule has 3 N–H and O–H groups in total. The first-order chi connectivity index (χ1) is 8.19. The molecule has 1 atom stereocenters. The van der Waals surface area contributed by atoms with Gasteiger partial charge in [-0.1, -0.05) is 0 Å². The van der Waals surface area contributed by atoms with Crippen molar-refractivity contribution in [1.29, 1.82) is 0 Å². The number of hydrogen-bond acceptors (Lipinski definition) is 3. The lowest BCUT2D eigenvalue weighted by Crippen LogP contribution is -2.51. The topological polar surface area (TPSA) is 49.5 Å². The van der Waals surface area contributed by atoms with Gasteiger partial charge in [0.1, 0.15) is 0 Å². The number of aliphatic hydroxyl groups is 1. The van der Waals surface area contributed by atoms with Crippen molar-refractivity contribution in [2.75, 3.05) is 26.2 Å². The monoisotopic (exact) mass is 238 g/mol. The van der Waals surface area contributed by atoms with Gasteiger partial charge in [0, 0.05) is 26.2 Å². The predicted octanol–water partition coefficient (Wildman–Crippen LogP) is 1.21. The summed E-state index contributed by atoms with van der Waals surface area (Å²) in [6.07, 6.45) is 7.93. The van der Waals surface area contributed by atoms with E-state index in [-0.39, 0.29) is 0 Å². The lowest BCUT2D eigenvalue weighted by Gasteiger charge is -2.34. The van der Waals surface area contributed by atoms with Crippen molar-refractivity contribution in [3.8, 4) is 0 Å². The second-order valence-electron chi connectivity index (χ2n) is 6.66. The quantitative estimate of drug-likeness (QED) is 0.668. The van der Waals surface area contributed by atoms with E-state index in [0.29, 0.717) is 12.5 Å². The highest BCUT2D eigenvalue weighted by Gasteiger charge is 2.44. The minimum Gasteiger partial charge on any atom is -0.387 e. The zero-order chi connectivity index (χ0) is 11.9. The van der Waals surface area contributed by atoms with Crippen molar-refractivity contribution in [3.63, 3.8) is 0 Å². The summed E-state index contributed by atoms with van der Waals surface area (Å²) in [5.41, 5.74) is 5.22. The third kappa shape index (κ3) is 3.21. The standard InChI is InChI=1S/C14H26N2O/c15-9-14(17,13-5-6-13)10-16(7-11-1-2-11)8-12-3-4-12/h11-13,17H,1-10,15H2. The van der Waals surface area contributed by atoms with Crippen LogP contribution in [0.1, 0.15) is 38.5 Å². The van der Waals surface area contributed by atoms with Gasteiger partial charge < -0.3 is 10.8 Å². The van der Waals surface area contributed by atoms with Gasteiger partial charge in [-0.3, -0.25) is 4.90 Å². The maximum absolute atomic E-state index is 10.6. The lowest BCUT2D eigenvalue weighted by atomic mass is 9.97. The minimum atomic E-state index is -0.593. The van der Waals surface area contributed by atoms with Crippen LogP contribution in [0.15, 0.2) is 0 Å². The van der Waals surface area contributed by atoms with Crippen LogP contribution in [0.5, 0.6) is 0 Å². The Bertz CT molecular complexity index is 257. The summed E-state index contributed by atoms with van der Waals surface area (Å²) in [7, 11) is 0. The van der Waals surface area contributed by atoms with Crippen molar-refractivity contribution >= 4 is 0 Å². The fourth-order valence-corrected chi connectivity index (χ4v) is 2.90. The van der Waals surface area contributed by atoms with Crippen LogP contribution in [0.2, 0.25) is 0 Å². The van der Waals surface area contributed by atoms with E-state index in [4.69, 9.17) is 5.73 Å². The summed E-state index contributed by atoms with van der Waals surface area (Å²) in [4.78, 5) is 2.51. The van der Waals surface area contributed by atoms with Crippen LogP contribution in [0.25, 0.3) is 0 Å². The largest absolute Gasteiger partial charge is 0.387 e. The number of rotatable bonds is 8. The van der Waals surface area contributed by atoms with Crippen molar-refractivity contribution in [2.45, 2.75) is 44.1 Å². The van der Waals surface area contributed by atoms with Gasteiger partial charge in [-0.2, -0.15) is 0 Å². The first-order valence-corrected chi connectivity index (χ1v) is 7.34. The molecule has 0 aliphatic heterocycles. The van der Waals surface area contributed by atoms with E-state index in [1.54, 1.807) is 0 Å². The van der Waals surface area contributed by atoms with Gasteiger partial charge in [-0.25, -0.2) is 0 Å². The first kappa shape index (κ1) is 11.9. The fourth-order valence-electron chi connectivity index (χ4n) is 2.90. The zero-order valence-electron chi connectivity index (χ0n) is 10.8. The predicted molar refractivity (Wildman–Crippen MR) is 68.6 cm³/mol. The van der Waals surface area contributed by atoms with Crippen LogP contribution in [-0.4, -0.2) is 41.8 Å². The smallest absolute Gasteiger partial charge is 0.0923 e. The van der Waals surface area contributed by atoms with Crippen molar-refractivity contribution in [3.05, 3.63) is 0 Å². The van der Waals surface area contributed by atoms with Crippen LogP contribution < -0.4 is 5.73 Å². The molecule has 98 valence electrons. The van der Waals surface area contributed by atoms with Crippen LogP contribution in [0, 0.1) is 17.8 Å². The van der Waals surface area contributed by atoms with E-state index in [1.165, 1.54) is 51.6 Å². The summed E-state index contributed by atoms with van der Waals surface area (Å²) in [5.74, 6) is 2.30. The summed E-state index contributed by atoms with van der Waals surface area (Å²) >= 11 is 0. The average molecular weight is 238 g/mol. The molecule has 3 saturated carbocycles. The van der Waals surface area contributed by atoms with Gasteiger partial charge in [0.15, 0.2) is 0 Å². The van der Waals surface area contributed by atoms with Gasteiger partial charge in [-0.05, 0) is 56.3 Å². The molecule has 0 aromatic heterocycles. The molecule has 0 aromatic carbocycles. The first-order valence-electron chi connectivity index (χ1n) is 7.34. The molecule has 3 heteroatoms. The van der Waals surface area contributed by atoms with Crippen LogP contribution >= 0.6 is 0 Å². The summed E-state index contributed by atoms with van der Waals surface area (Å²) in [5, 5.41) is 10.6. The second-order valence-corrected chi connectivity index (χ2v) is 6.66. The number of nitrogens with zero attached hydrogens (tertiary/aromatic N) is 1. The van der Waals surface area contributed by atoms with Crippen molar-refractivity contribution < 1.29 is 5.11 Å². The molecule has 0 spiro atoms. The summed E-state index contributed by atoms with van der Waals surface area (Å²) in [6, 6.07) is 0. The summed E-state index contributed by atoms with van der Waals surface area (Å²) < 4.78 is 0. The molecule has 3 aliphatic carbocycles. The molecule has 3 rings (SSSR count). The maximum atomic E-state index is 10.6. The molecule has 3 nitrogen and oxygen atoms in total. The molecule has 0 bridgehead atoms. The Morgan fingerprint density at radius 3 is 1.88 bits per heavy atom. The third-order valence-electron chi connectivity index (χ3n) is 4.61. The highest BCUT2D eigenvalue weighted by Crippen LogP contribution is 2.41. The van der Waals surface area contributed by atoms with E-state index in [0.717, 1.165) is 18.4 Å². The highest BCUT2D eigenvalue weighted by molar-refractivity contribution is 4.98. The van der Waals surface area contributed by atoms with Crippen LogP contribution in [-0.2, 0) is 0 Å². The average Bonchev–Trinajstić information content (AvgIpc) is 3.15. The van der Waals surface area contributed by atoms with Gasteiger partial charge in [0.25, 0.3) is 0 Å². The van der Waals surface area contributed by atoms with Gasteiger partial charge in [0.05, 0.1) is 5.60 Å². The van der Waals surface area contributed by atoms with E-state index < -0.39 is 5.60 Å². The maximum Gasteiger partial charge on any atom is 0.0923 e. The van der Waals surface area contributed by atoms with Gasteiger partial charge >= 0.3 is 0 Å². The normalized spacial score (nSPS) is 28.4. The number of nitrogens with two attached hydrogens (primary N) is 1. The van der Waals surface area contributed by atoms with Gasteiger partial charge in [-0.15, -0.1) is 0 Å². The Balaban J connectivity index is 1.56. The molecular weight excluding hydrogens is 212 g/mol. The second kappa shape index (κ2) is 4.52.